The van der Waals surface area contributed by atoms with E-state index in [1.807, 2.05) is 13.8 Å². The number of ketones is 1. The Bertz CT molecular complexity index is 1850. The van der Waals surface area contributed by atoms with Gasteiger partial charge in [-0.25, -0.2) is 19.6 Å². The molecule has 1 fully saturated rings. The summed E-state index contributed by atoms with van der Waals surface area (Å²) >= 11 is 0.988. The molecule has 0 spiro atoms. The topological polar surface area (TPSA) is 261 Å². The predicted molar refractivity (Wildman–Crippen MR) is 217 cm³/mol. The van der Waals surface area contributed by atoms with Gasteiger partial charge in [-0.2, -0.15) is 5.48 Å². The van der Waals surface area contributed by atoms with Gasteiger partial charge in [0.2, 0.25) is 17.6 Å². The predicted octanol–water partition coefficient (Wildman–Crippen LogP) is 3.75. The minimum absolute atomic E-state index is 0.0152. The van der Waals surface area contributed by atoms with Crippen LogP contribution in [-0.2, 0) is 33.5 Å². The first kappa shape index (κ1) is 48.0. The fraction of sp³-hybridized carbons (Fsp3) is 0.590. The fourth-order valence-electron chi connectivity index (χ4n) is 4.80. The van der Waals surface area contributed by atoms with Crippen LogP contribution < -0.4 is 42.0 Å². The number of anilines is 1. The molecule has 3 atom stereocenters. The lowest BCUT2D eigenvalue weighted by molar-refractivity contribution is -0.191. The van der Waals surface area contributed by atoms with Crippen molar-refractivity contribution in [2.75, 3.05) is 25.1 Å². The van der Waals surface area contributed by atoms with Crippen LogP contribution in [0.5, 0.6) is 11.5 Å². The molecule has 0 bridgehead atoms. The molecule has 0 unspecified atom stereocenters. The molecule has 0 aromatic carbocycles. The van der Waals surface area contributed by atoms with Crippen molar-refractivity contribution in [3.05, 3.63) is 40.8 Å². The van der Waals surface area contributed by atoms with E-state index in [9.17, 15) is 28.8 Å². The number of esters is 1. The molecule has 20 heteroatoms. The van der Waals surface area contributed by atoms with Crippen molar-refractivity contribution in [2.24, 2.45) is 5.73 Å². The van der Waals surface area contributed by atoms with Gasteiger partial charge in [0.05, 0.1) is 31.1 Å². The number of nitrogens with two attached hydrogens (primary N) is 1. The van der Waals surface area contributed by atoms with Gasteiger partial charge in [0.1, 0.15) is 28.6 Å². The van der Waals surface area contributed by atoms with E-state index in [0.29, 0.717) is 24.7 Å². The molecule has 2 aromatic heterocycles. The lowest BCUT2D eigenvalue weighted by Gasteiger charge is -2.38. The van der Waals surface area contributed by atoms with Crippen molar-refractivity contribution >= 4 is 52.0 Å². The summed E-state index contributed by atoms with van der Waals surface area (Å²) < 4.78 is 22.3. The van der Waals surface area contributed by atoms with Crippen molar-refractivity contribution in [1.29, 1.82) is 0 Å². The summed E-state index contributed by atoms with van der Waals surface area (Å²) in [5.74, 6) is -2.80. The minimum atomic E-state index is -1.60. The highest BCUT2D eigenvalue weighted by atomic mass is 32.1. The molecule has 0 aliphatic carbocycles. The summed E-state index contributed by atoms with van der Waals surface area (Å²) in [4.78, 5) is 91.9. The first-order valence-electron chi connectivity index (χ1n) is 19.3. The number of allylic oxidation sites excluding steroid dienone is 1. The molecule has 2 aromatic rings. The summed E-state index contributed by atoms with van der Waals surface area (Å²) in [7, 11) is 0. The molecular weight excluding hydrogens is 789 g/mol. The summed E-state index contributed by atoms with van der Waals surface area (Å²) in [6, 6.07) is -1.90. The molecule has 59 heavy (non-hydrogen) atoms. The summed E-state index contributed by atoms with van der Waals surface area (Å²) in [5, 5.41) is 11.8. The molecule has 4 amide bonds. The number of unbranched alkanes of at least 4 members (excludes halogenated alkanes) is 2. The van der Waals surface area contributed by atoms with Gasteiger partial charge in [0.25, 0.3) is 5.91 Å². The molecule has 3 heterocycles. The van der Waals surface area contributed by atoms with E-state index in [0.717, 1.165) is 43.1 Å². The van der Waals surface area contributed by atoms with Gasteiger partial charge in [-0.1, -0.05) is 26.7 Å². The zero-order chi connectivity index (χ0) is 44.1. The van der Waals surface area contributed by atoms with Crippen LogP contribution in [0.15, 0.2) is 29.4 Å². The Morgan fingerprint density at radius 3 is 2.17 bits per heavy atom. The fourth-order valence-corrected chi connectivity index (χ4v) is 5.52. The molecular formula is C39H58N8O11S. The number of nitrogens with zero attached hydrogens (tertiary/aromatic N) is 2. The van der Waals surface area contributed by atoms with Crippen molar-refractivity contribution < 1.29 is 52.6 Å². The van der Waals surface area contributed by atoms with E-state index < -0.39 is 76.2 Å². The number of hydroxylamine groups is 1. The molecule has 1 aliphatic rings. The highest BCUT2D eigenvalue weighted by molar-refractivity contribution is 7.13. The minimum Gasteiger partial charge on any atom is -0.490 e. The van der Waals surface area contributed by atoms with Gasteiger partial charge in [-0.05, 0) is 68.2 Å². The van der Waals surface area contributed by atoms with Crippen LogP contribution in [-0.4, -0.2) is 94.2 Å². The van der Waals surface area contributed by atoms with Crippen LogP contribution in [0.25, 0.3) is 0 Å². The van der Waals surface area contributed by atoms with Crippen LogP contribution in [0.1, 0.15) is 117 Å². The lowest BCUT2D eigenvalue weighted by atomic mass is 9.98. The second-order valence-electron chi connectivity index (χ2n) is 16.1. The second-order valence-corrected chi connectivity index (χ2v) is 16.9. The third-order valence-electron chi connectivity index (χ3n) is 7.95. The van der Waals surface area contributed by atoms with Gasteiger partial charge < -0.3 is 40.6 Å². The molecule has 326 valence electrons. The molecule has 3 rings (SSSR count). The van der Waals surface area contributed by atoms with Crippen molar-refractivity contribution in [2.45, 2.75) is 130 Å². The van der Waals surface area contributed by atoms with Gasteiger partial charge in [0, 0.05) is 24.1 Å². The number of amides is 4. The molecule has 1 aliphatic heterocycles. The van der Waals surface area contributed by atoms with Crippen molar-refractivity contribution in [1.82, 2.24) is 31.4 Å². The maximum Gasteiger partial charge on any atom is 0.413 e. The number of rotatable bonds is 21. The zero-order valence-electron chi connectivity index (χ0n) is 35.4. The number of ether oxygens (including phenoxy) is 4. The Balaban J connectivity index is 1.71. The van der Waals surface area contributed by atoms with E-state index >= 15 is 0 Å². The summed E-state index contributed by atoms with van der Waals surface area (Å²) in [5.41, 5.74) is 4.96. The van der Waals surface area contributed by atoms with Gasteiger partial charge in [-0.3, -0.25) is 29.3 Å². The van der Waals surface area contributed by atoms with Gasteiger partial charge >= 0.3 is 12.1 Å². The highest BCUT2D eigenvalue weighted by Crippen LogP contribution is 2.28. The smallest absolute Gasteiger partial charge is 0.413 e. The van der Waals surface area contributed by atoms with Gasteiger partial charge in [-0.15, -0.1) is 11.3 Å². The normalized spacial score (nSPS) is 16.2. The van der Waals surface area contributed by atoms with E-state index in [2.05, 4.69) is 36.7 Å². The number of nitrogens with one attached hydrogen (secondary N) is 5. The van der Waals surface area contributed by atoms with Crippen LogP contribution >= 0.6 is 11.3 Å². The maximum absolute atomic E-state index is 13.8. The van der Waals surface area contributed by atoms with Crippen LogP contribution in [0, 0.1) is 0 Å². The standard InChI is InChI=1S/C39H58N8O11S/c1-11-13-15-54-27-18-23(41-20-28(27)55-16-14-12-2)26(48)17-22(40)31(49)42-19-24-29(32(50)43-24)45-33(51)30(47-58-39(9,10)34(52)56-37(3,4)5)25-21-59-35(44-25)46-36(53)57-38(6,7)8/h17-18,20-21,24,29-30,47H,11-16,19,40H2,1-10H3,(H,42,49)(H,43,50)(H,45,51)(H,44,46,53)/t24-,29+,30-/m1/s1. The SMILES string of the molecule is CCCCOc1cnc(C(=O)C=C(N)C(=O)NC[C@H]2NC(=O)[C@H]2NC(=O)[C@H](NOC(C)(C)C(=O)OC(C)(C)C)c2csc(NC(=O)OC(C)(C)C)n2)cc1OCCCC. The zero-order valence-corrected chi connectivity index (χ0v) is 36.2. The van der Waals surface area contributed by atoms with E-state index in [1.165, 1.54) is 31.5 Å². The number of pyridine rings is 1. The Kier molecular flexibility index (Phi) is 17.2. The number of β-lactam (4-membered cyclic amide) rings is 1. The lowest BCUT2D eigenvalue weighted by Crippen LogP contribution is -2.72. The number of hydrogen-bond donors (Lipinski definition) is 6. The molecule has 0 radical (unpaired) electrons. The largest absolute Gasteiger partial charge is 0.490 e. The van der Waals surface area contributed by atoms with Crippen molar-refractivity contribution in [3.8, 4) is 11.5 Å². The summed E-state index contributed by atoms with van der Waals surface area (Å²) in [6.45, 7) is 17.8. The maximum atomic E-state index is 13.8. The second kappa shape index (κ2) is 21.1. The van der Waals surface area contributed by atoms with E-state index in [-0.39, 0.29) is 23.1 Å². The average molecular weight is 847 g/mol. The Morgan fingerprint density at radius 2 is 1.58 bits per heavy atom. The number of carbonyl (C=O) groups excluding carboxylic acids is 6. The van der Waals surface area contributed by atoms with Crippen LogP contribution in [0.2, 0.25) is 0 Å². The Labute approximate surface area is 348 Å². The average Bonchev–Trinajstić information content (AvgIpc) is 3.58. The molecule has 19 nitrogen and oxygen atoms in total. The Hall–Kier alpha value is -5.34. The first-order chi connectivity index (χ1) is 27.5. The van der Waals surface area contributed by atoms with Crippen molar-refractivity contribution in [3.63, 3.8) is 0 Å². The molecule has 0 saturated carbocycles. The number of thiazole rings is 1. The van der Waals surface area contributed by atoms with Crippen LogP contribution in [0.3, 0.4) is 0 Å². The van der Waals surface area contributed by atoms with E-state index in [4.69, 9.17) is 29.5 Å². The molecule has 1 saturated heterocycles. The molecule has 7 N–H and O–H groups in total. The number of hydrogen-bond acceptors (Lipinski definition) is 16. The summed E-state index contributed by atoms with van der Waals surface area (Å²) in [6.07, 6.45) is 5.01. The monoisotopic (exact) mass is 846 g/mol. The number of aromatic nitrogens is 2. The quantitative estimate of drug-likeness (QED) is 0.0261. The van der Waals surface area contributed by atoms with E-state index in [1.54, 1.807) is 41.5 Å². The third-order valence-corrected chi connectivity index (χ3v) is 8.72. The Morgan fingerprint density at radius 1 is 0.949 bits per heavy atom. The van der Waals surface area contributed by atoms with Crippen LogP contribution in [0.4, 0.5) is 9.93 Å². The van der Waals surface area contributed by atoms with Gasteiger partial charge in [0.15, 0.2) is 28.3 Å². The third kappa shape index (κ3) is 15.4. The first-order valence-corrected chi connectivity index (χ1v) is 20.2. The highest BCUT2D eigenvalue weighted by Gasteiger charge is 2.43. The number of carbonyl (C=O) groups is 6.